The summed E-state index contributed by atoms with van der Waals surface area (Å²) in [6.07, 6.45) is 1.52. The number of carbonyl (C=O) groups excluding carboxylic acids is 2. The molecule has 2 fully saturated rings. The molecule has 0 spiro atoms. The predicted octanol–water partition coefficient (Wildman–Crippen LogP) is 1.90. The first-order chi connectivity index (χ1) is 13.5. The van der Waals surface area contributed by atoms with Gasteiger partial charge in [-0.2, -0.15) is 0 Å². The standard InChI is InChI=1S/C22H33N3O3/c1-17(2)22(27)25-10-8-19(9-11-25)21(26)23-14-20-16-24(12-13-28-20)15-18-6-4-3-5-7-18/h3-7,17,19-20H,8-16H2,1-2H3,(H,23,26). The van der Waals surface area contributed by atoms with E-state index >= 15 is 0 Å². The summed E-state index contributed by atoms with van der Waals surface area (Å²) in [6, 6.07) is 10.4. The number of benzene rings is 1. The van der Waals surface area contributed by atoms with Crippen LogP contribution in [0.15, 0.2) is 30.3 Å². The van der Waals surface area contributed by atoms with Gasteiger partial charge in [-0.15, -0.1) is 0 Å². The number of rotatable bonds is 6. The maximum atomic E-state index is 12.5. The van der Waals surface area contributed by atoms with Crippen LogP contribution in [0, 0.1) is 11.8 Å². The van der Waals surface area contributed by atoms with Gasteiger partial charge in [-0.25, -0.2) is 0 Å². The summed E-state index contributed by atoms with van der Waals surface area (Å²) >= 11 is 0. The molecule has 1 atom stereocenters. The number of nitrogens with zero attached hydrogens (tertiary/aromatic N) is 2. The van der Waals surface area contributed by atoms with Crippen LogP contribution in [0.2, 0.25) is 0 Å². The fourth-order valence-corrected chi connectivity index (χ4v) is 3.98. The first kappa shape index (κ1) is 20.8. The molecule has 1 N–H and O–H groups in total. The second kappa shape index (κ2) is 10.0. The molecular formula is C22H33N3O3. The van der Waals surface area contributed by atoms with E-state index in [1.807, 2.05) is 24.8 Å². The van der Waals surface area contributed by atoms with Gasteiger partial charge in [-0.05, 0) is 18.4 Å². The molecule has 3 rings (SSSR count). The lowest BCUT2D eigenvalue weighted by Gasteiger charge is -2.34. The summed E-state index contributed by atoms with van der Waals surface area (Å²) in [5.74, 6) is 0.307. The van der Waals surface area contributed by atoms with Gasteiger partial charge in [0.05, 0.1) is 12.7 Å². The third-order valence-electron chi connectivity index (χ3n) is 5.65. The normalized spacial score (nSPS) is 21.7. The third-order valence-corrected chi connectivity index (χ3v) is 5.65. The lowest BCUT2D eigenvalue weighted by atomic mass is 9.95. The van der Waals surface area contributed by atoms with E-state index in [-0.39, 0.29) is 29.8 Å². The van der Waals surface area contributed by atoms with Gasteiger partial charge in [0.15, 0.2) is 0 Å². The van der Waals surface area contributed by atoms with Gasteiger partial charge < -0.3 is 15.0 Å². The molecule has 0 bridgehead atoms. The molecule has 2 amide bonds. The highest BCUT2D eigenvalue weighted by Crippen LogP contribution is 2.19. The summed E-state index contributed by atoms with van der Waals surface area (Å²) in [6.45, 7) is 9.12. The van der Waals surface area contributed by atoms with E-state index in [0.29, 0.717) is 26.2 Å². The van der Waals surface area contributed by atoms with Crippen molar-refractivity contribution in [2.24, 2.45) is 11.8 Å². The van der Waals surface area contributed by atoms with Crippen molar-refractivity contribution in [2.45, 2.75) is 39.3 Å². The van der Waals surface area contributed by atoms with Gasteiger partial charge in [0.2, 0.25) is 11.8 Å². The van der Waals surface area contributed by atoms with E-state index < -0.39 is 0 Å². The van der Waals surface area contributed by atoms with E-state index in [9.17, 15) is 9.59 Å². The number of likely N-dealkylation sites (tertiary alicyclic amines) is 1. The third kappa shape index (κ3) is 5.79. The SMILES string of the molecule is CC(C)C(=O)N1CCC(C(=O)NCC2CN(Cc3ccccc3)CCO2)CC1. The van der Waals surface area contributed by atoms with Crippen LogP contribution in [-0.4, -0.2) is 67.0 Å². The van der Waals surface area contributed by atoms with Gasteiger partial charge in [-0.1, -0.05) is 44.2 Å². The van der Waals surface area contributed by atoms with Crippen molar-refractivity contribution in [2.75, 3.05) is 39.3 Å². The van der Waals surface area contributed by atoms with Crippen molar-refractivity contribution in [3.8, 4) is 0 Å². The molecule has 2 saturated heterocycles. The minimum atomic E-state index is 0.000208. The van der Waals surface area contributed by atoms with E-state index in [2.05, 4.69) is 34.5 Å². The van der Waals surface area contributed by atoms with E-state index in [4.69, 9.17) is 4.74 Å². The Labute approximate surface area is 168 Å². The number of ether oxygens (including phenoxy) is 1. The van der Waals surface area contributed by atoms with Crippen molar-refractivity contribution in [1.82, 2.24) is 15.1 Å². The van der Waals surface area contributed by atoms with Crippen LogP contribution < -0.4 is 5.32 Å². The van der Waals surface area contributed by atoms with Gasteiger partial charge in [0, 0.05) is 51.1 Å². The van der Waals surface area contributed by atoms with Gasteiger partial charge in [0.25, 0.3) is 0 Å². The van der Waals surface area contributed by atoms with E-state index in [1.165, 1.54) is 5.56 Å². The Kier molecular flexibility index (Phi) is 7.45. The smallest absolute Gasteiger partial charge is 0.225 e. The molecule has 2 aliphatic heterocycles. The van der Waals surface area contributed by atoms with Crippen LogP contribution in [-0.2, 0) is 20.9 Å². The van der Waals surface area contributed by atoms with Gasteiger partial charge in [0.1, 0.15) is 0 Å². The monoisotopic (exact) mass is 387 g/mol. The van der Waals surface area contributed by atoms with Crippen LogP contribution >= 0.6 is 0 Å². The molecule has 1 aromatic rings. The zero-order chi connectivity index (χ0) is 19.9. The zero-order valence-corrected chi connectivity index (χ0v) is 17.1. The topological polar surface area (TPSA) is 61.9 Å². The summed E-state index contributed by atoms with van der Waals surface area (Å²) in [4.78, 5) is 28.9. The average Bonchev–Trinajstić information content (AvgIpc) is 2.72. The fourth-order valence-electron chi connectivity index (χ4n) is 3.98. The molecule has 0 aliphatic carbocycles. The minimum Gasteiger partial charge on any atom is -0.374 e. The summed E-state index contributed by atoms with van der Waals surface area (Å²) in [7, 11) is 0. The molecule has 0 aromatic heterocycles. The Balaban J connectivity index is 1.39. The molecule has 154 valence electrons. The van der Waals surface area contributed by atoms with Crippen molar-refractivity contribution in [3.05, 3.63) is 35.9 Å². The summed E-state index contributed by atoms with van der Waals surface area (Å²) < 4.78 is 5.85. The second-order valence-corrected chi connectivity index (χ2v) is 8.21. The maximum absolute atomic E-state index is 12.5. The minimum absolute atomic E-state index is 0.000208. The number of morpholine rings is 1. The Morgan fingerprint density at radius 1 is 1.14 bits per heavy atom. The number of nitrogens with one attached hydrogen (secondary N) is 1. The molecule has 1 unspecified atom stereocenters. The van der Waals surface area contributed by atoms with Crippen LogP contribution in [0.25, 0.3) is 0 Å². The summed E-state index contributed by atoms with van der Waals surface area (Å²) in [5.41, 5.74) is 1.30. The van der Waals surface area contributed by atoms with Crippen molar-refractivity contribution >= 4 is 11.8 Å². The maximum Gasteiger partial charge on any atom is 0.225 e. The average molecular weight is 388 g/mol. The van der Waals surface area contributed by atoms with Crippen molar-refractivity contribution in [3.63, 3.8) is 0 Å². The van der Waals surface area contributed by atoms with E-state index in [0.717, 1.165) is 32.5 Å². The highest BCUT2D eigenvalue weighted by Gasteiger charge is 2.29. The number of carbonyl (C=O) groups is 2. The van der Waals surface area contributed by atoms with Crippen molar-refractivity contribution in [1.29, 1.82) is 0 Å². The quantitative estimate of drug-likeness (QED) is 0.810. The molecule has 2 aliphatic rings. The molecular weight excluding hydrogens is 354 g/mol. The molecule has 6 nitrogen and oxygen atoms in total. The Morgan fingerprint density at radius 3 is 2.54 bits per heavy atom. The van der Waals surface area contributed by atoms with Crippen molar-refractivity contribution < 1.29 is 14.3 Å². The van der Waals surface area contributed by atoms with Gasteiger partial charge >= 0.3 is 0 Å². The first-order valence-corrected chi connectivity index (χ1v) is 10.5. The second-order valence-electron chi connectivity index (χ2n) is 8.21. The van der Waals surface area contributed by atoms with Crippen LogP contribution in [0.4, 0.5) is 0 Å². The lowest BCUT2D eigenvalue weighted by molar-refractivity contribution is -0.138. The molecule has 0 saturated carbocycles. The number of amides is 2. The fraction of sp³-hybridized carbons (Fsp3) is 0.636. The Hall–Kier alpha value is -1.92. The Morgan fingerprint density at radius 2 is 1.86 bits per heavy atom. The molecule has 28 heavy (non-hydrogen) atoms. The molecule has 6 heteroatoms. The van der Waals surface area contributed by atoms with Crippen LogP contribution in [0.5, 0.6) is 0 Å². The summed E-state index contributed by atoms with van der Waals surface area (Å²) in [5, 5.41) is 3.08. The largest absolute Gasteiger partial charge is 0.374 e. The molecule has 2 heterocycles. The van der Waals surface area contributed by atoms with E-state index in [1.54, 1.807) is 0 Å². The first-order valence-electron chi connectivity index (χ1n) is 10.5. The number of hydrogen-bond donors (Lipinski definition) is 1. The predicted molar refractivity (Wildman–Crippen MR) is 109 cm³/mol. The van der Waals surface area contributed by atoms with Crippen LogP contribution in [0.3, 0.4) is 0 Å². The zero-order valence-electron chi connectivity index (χ0n) is 17.1. The number of hydrogen-bond acceptors (Lipinski definition) is 4. The van der Waals surface area contributed by atoms with Crippen LogP contribution in [0.1, 0.15) is 32.3 Å². The highest BCUT2D eigenvalue weighted by atomic mass is 16.5. The highest BCUT2D eigenvalue weighted by molar-refractivity contribution is 5.80. The lowest BCUT2D eigenvalue weighted by Crippen LogP contribution is -2.49. The number of piperidine rings is 1. The van der Waals surface area contributed by atoms with Gasteiger partial charge in [-0.3, -0.25) is 14.5 Å². The molecule has 1 aromatic carbocycles. The Bertz CT molecular complexity index is 642. The molecule has 0 radical (unpaired) electrons.